The van der Waals surface area contributed by atoms with Gasteiger partial charge >= 0.3 is 0 Å². The predicted octanol–water partition coefficient (Wildman–Crippen LogP) is 3.49. The topological polar surface area (TPSA) is 41.1 Å². The van der Waals surface area contributed by atoms with E-state index in [1.54, 1.807) is 0 Å². The summed E-state index contributed by atoms with van der Waals surface area (Å²) in [5.74, 6) is 1.66. The maximum atomic E-state index is 11.6. The largest absolute Gasteiger partial charge is 0.356 e. The van der Waals surface area contributed by atoms with E-state index in [2.05, 4.69) is 31.4 Å². The van der Waals surface area contributed by atoms with E-state index in [1.807, 2.05) is 0 Å². The molecule has 1 amide bonds. The summed E-state index contributed by atoms with van der Waals surface area (Å²) >= 11 is 0. The Labute approximate surface area is 125 Å². The number of nitrogens with one attached hydrogen (secondary N) is 2. The molecule has 0 spiro atoms. The lowest BCUT2D eigenvalue weighted by atomic mass is 9.95. The molecule has 2 atom stereocenters. The molecule has 1 aliphatic carbocycles. The Morgan fingerprint density at radius 2 is 2.00 bits per heavy atom. The molecular formula is C17H34N2O. The van der Waals surface area contributed by atoms with Gasteiger partial charge in [-0.1, -0.05) is 46.5 Å². The zero-order valence-corrected chi connectivity index (χ0v) is 13.7. The molecule has 2 N–H and O–H groups in total. The van der Waals surface area contributed by atoms with Gasteiger partial charge < -0.3 is 10.6 Å². The van der Waals surface area contributed by atoms with E-state index in [4.69, 9.17) is 0 Å². The van der Waals surface area contributed by atoms with Crippen LogP contribution in [0.4, 0.5) is 0 Å². The molecule has 0 saturated heterocycles. The lowest BCUT2D eigenvalue weighted by molar-refractivity contribution is -0.121. The fraction of sp³-hybridized carbons (Fsp3) is 0.941. The molecule has 3 heteroatoms. The SMILES string of the molecule is CCCC1CCCC(NCCC(=O)NCC(C)C)CC1. The first-order chi connectivity index (χ1) is 9.61. The lowest BCUT2D eigenvalue weighted by Gasteiger charge is -2.17. The molecule has 20 heavy (non-hydrogen) atoms. The zero-order chi connectivity index (χ0) is 14.8. The molecule has 1 saturated carbocycles. The summed E-state index contributed by atoms with van der Waals surface area (Å²) in [4.78, 5) is 11.6. The fourth-order valence-electron chi connectivity index (χ4n) is 3.08. The van der Waals surface area contributed by atoms with Crippen molar-refractivity contribution in [3.8, 4) is 0 Å². The van der Waals surface area contributed by atoms with Gasteiger partial charge in [0.2, 0.25) is 5.91 Å². The Balaban J connectivity index is 2.11. The van der Waals surface area contributed by atoms with Crippen LogP contribution < -0.4 is 10.6 Å². The van der Waals surface area contributed by atoms with E-state index in [0.717, 1.165) is 19.0 Å². The van der Waals surface area contributed by atoms with Gasteiger partial charge in [0.05, 0.1) is 0 Å². The van der Waals surface area contributed by atoms with E-state index < -0.39 is 0 Å². The highest BCUT2D eigenvalue weighted by molar-refractivity contribution is 5.76. The van der Waals surface area contributed by atoms with Gasteiger partial charge in [0.15, 0.2) is 0 Å². The second kappa shape index (κ2) is 10.2. The van der Waals surface area contributed by atoms with Crippen LogP contribution in [0.2, 0.25) is 0 Å². The van der Waals surface area contributed by atoms with Gasteiger partial charge in [-0.2, -0.15) is 0 Å². The first kappa shape index (κ1) is 17.5. The molecule has 0 radical (unpaired) electrons. The van der Waals surface area contributed by atoms with Crippen LogP contribution in [-0.2, 0) is 4.79 Å². The van der Waals surface area contributed by atoms with Gasteiger partial charge in [-0.25, -0.2) is 0 Å². The average molecular weight is 282 g/mol. The summed E-state index contributed by atoms with van der Waals surface area (Å²) in [5.41, 5.74) is 0. The summed E-state index contributed by atoms with van der Waals surface area (Å²) in [6.45, 7) is 8.15. The van der Waals surface area contributed by atoms with Gasteiger partial charge in [-0.15, -0.1) is 0 Å². The molecule has 0 aromatic heterocycles. The average Bonchev–Trinajstić information content (AvgIpc) is 2.63. The number of amides is 1. The summed E-state index contributed by atoms with van der Waals surface area (Å²) in [5, 5.41) is 6.56. The van der Waals surface area contributed by atoms with Crippen molar-refractivity contribution in [3.63, 3.8) is 0 Å². The summed E-state index contributed by atoms with van der Waals surface area (Å²) in [6.07, 6.45) is 10.0. The molecule has 1 rings (SSSR count). The van der Waals surface area contributed by atoms with E-state index in [9.17, 15) is 4.79 Å². The second-order valence-electron chi connectivity index (χ2n) is 6.76. The maximum absolute atomic E-state index is 11.6. The molecule has 3 nitrogen and oxygen atoms in total. The van der Waals surface area contributed by atoms with Crippen molar-refractivity contribution in [2.45, 2.75) is 78.2 Å². The van der Waals surface area contributed by atoms with E-state index in [0.29, 0.717) is 18.4 Å². The van der Waals surface area contributed by atoms with E-state index in [-0.39, 0.29) is 5.91 Å². The van der Waals surface area contributed by atoms with E-state index >= 15 is 0 Å². The smallest absolute Gasteiger partial charge is 0.221 e. The van der Waals surface area contributed by atoms with Crippen molar-refractivity contribution in [3.05, 3.63) is 0 Å². The minimum Gasteiger partial charge on any atom is -0.356 e. The first-order valence-corrected chi connectivity index (χ1v) is 8.61. The Morgan fingerprint density at radius 1 is 1.20 bits per heavy atom. The van der Waals surface area contributed by atoms with Crippen molar-refractivity contribution in [1.82, 2.24) is 10.6 Å². The Kier molecular flexibility index (Phi) is 8.92. The van der Waals surface area contributed by atoms with Crippen LogP contribution in [0.25, 0.3) is 0 Å². The fourth-order valence-corrected chi connectivity index (χ4v) is 3.08. The quantitative estimate of drug-likeness (QED) is 0.669. The molecule has 1 fully saturated rings. The summed E-state index contributed by atoms with van der Waals surface area (Å²) in [7, 11) is 0. The van der Waals surface area contributed by atoms with Crippen molar-refractivity contribution in [2.75, 3.05) is 13.1 Å². The van der Waals surface area contributed by atoms with Crippen LogP contribution in [0.1, 0.15) is 72.1 Å². The number of carbonyl (C=O) groups is 1. The standard InChI is InChI=1S/C17H34N2O/c1-4-6-15-7-5-8-16(10-9-15)18-12-11-17(20)19-13-14(2)3/h14-16,18H,4-13H2,1-3H3,(H,19,20). The molecule has 118 valence electrons. The molecule has 0 heterocycles. The zero-order valence-electron chi connectivity index (χ0n) is 13.7. The number of rotatable bonds is 8. The minimum absolute atomic E-state index is 0.184. The van der Waals surface area contributed by atoms with Crippen molar-refractivity contribution in [2.24, 2.45) is 11.8 Å². The Morgan fingerprint density at radius 3 is 2.70 bits per heavy atom. The highest BCUT2D eigenvalue weighted by Gasteiger charge is 2.17. The third kappa shape index (κ3) is 7.88. The molecule has 1 aliphatic rings. The first-order valence-electron chi connectivity index (χ1n) is 8.61. The molecule has 0 aromatic carbocycles. The van der Waals surface area contributed by atoms with Crippen LogP contribution in [0.3, 0.4) is 0 Å². The molecule has 0 aromatic rings. The summed E-state index contributed by atoms with van der Waals surface area (Å²) in [6, 6.07) is 0.634. The molecular weight excluding hydrogens is 248 g/mol. The number of hydrogen-bond donors (Lipinski definition) is 2. The predicted molar refractivity (Wildman–Crippen MR) is 85.7 cm³/mol. The van der Waals surface area contributed by atoms with Gasteiger partial charge in [-0.3, -0.25) is 4.79 Å². The van der Waals surface area contributed by atoms with Crippen molar-refractivity contribution >= 4 is 5.91 Å². The number of hydrogen-bond acceptors (Lipinski definition) is 2. The second-order valence-corrected chi connectivity index (χ2v) is 6.76. The normalized spacial score (nSPS) is 23.6. The number of carbonyl (C=O) groups excluding carboxylic acids is 1. The van der Waals surface area contributed by atoms with Crippen LogP contribution in [0.5, 0.6) is 0 Å². The van der Waals surface area contributed by atoms with Crippen molar-refractivity contribution < 1.29 is 4.79 Å². The van der Waals surface area contributed by atoms with Gasteiger partial charge in [0.1, 0.15) is 0 Å². The highest BCUT2D eigenvalue weighted by atomic mass is 16.1. The molecule has 0 aliphatic heterocycles. The van der Waals surface area contributed by atoms with Crippen LogP contribution in [-0.4, -0.2) is 25.0 Å². The lowest BCUT2D eigenvalue weighted by Crippen LogP contribution is -2.34. The van der Waals surface area contributed by atoms with Crippen LogP contribution in [0, 0.1) is 11.8 Å². The Bertz CT molecular complexity index is 266. The van der Waals surface area contributed by atoms with Gasteiger partial charge in [0, 0.05) is 25.6 Å². The van der Waals surface area contributed by atoms with Gasteiger partial charge in [-0.05, 0) is 31.1 Å². The monoisotopic (exact) mass is 282 g/mol. The molecule has 0 bridgehead atoms. The molecule has 2 unspecified atom stereocenters. The van der Waals surface area contributed by atoms with Gasteiger partial charge in [0.25, 0.3) is 0 Å². The van der Waals surface area contributed by atoms with E-state index in [1.165, 1.54) is 44.9 Å². The maximum Gasteiger partial charge on any atom is 0.221 e. The third-order valence-electron chi connectivity index (χ3n) is 4.28. The summed E-state index contributed by atoms with van der Waals surface area (Å²) < 4.78 is 0. The highest BCUT2D eigenvalue weighted by Crippen LogP contribution is 2.26. The third-order valence-corrected chi connectivity index (χ3v) is 4.28. The van der Waals surface area contributed by atoms with Crippen LogP contribution in [0.15, 0.2) is 0 Å². The van der Waals surface area contributed by atoms with Crippen molar-refractivity contribution in [1.29, 1.82) is 0 Å². The van der Waals surface area contributed by atoms with Crippen LogP contribution >= 0.6 is 0 Å². The Hall–Kier alpha value is -0.570. The minimum atomic E-state index is 0.184.